The molecule has 1 aliphatic rings. The fraction of sp³-hybridized carbons (Fsp3) is 0.417. The van der Waals surface area contributed by atoms with Crippen molar-refractivity contribution in [3.63, 3.8) is 0 Å². The van der Waals surface area contributed by atoms with Gasteiger partial charge in [0, 0.05) is 23.3 Å². The molecule has 6 heteroatoms. The number of nitrogens with one attached hydrogen (secondary N) is 1. The molecule has 3 aromatic rings. The van der Waals surface area contributed by atoms with E-state index in [0.29, 0.717) is 28.4 Å². The van der Waals surface area contributed by atoms with E-state index in [1.165, 1.54) is 29.0 Å². The van der Waals surface area contributed by atoms with E-state index in [1.807, 2.05) is 30.3 Å². The Morgan fingerprint density at radius 3 is 2.80 bits per heavy atom. The summed E-state index contributed by atoms with van der Waals surface area (Å²) in [5.41, 5.74) is 16.2. The van der Waals surface area contributed by atoms with Crippen molar-refractivity contribution in [3.05, 3.63) is 58.1 Å². The van der Waals surface area contributed by atoms with E-state index in [4.69, 9.17) is 16.5 Å². The van der Waals surface area contributed by atoms with Gasteiger partial charge in [0.2, 0.25) is 0 Å². The van der Waals surface area contributed by atoms with Crippen LogP contribution in [0.3, 0.4) is 0 Å². The summed E-state index contributed by atoms with van der Waals surface area (Å²) in [7, 11) is 0. The first kappa shape index (κ1) is 20.8. The summed E-state index contributed by atoms with van der Waals surface area (Å²) >= 11 is 1.45. The molecule has 158 valence electrons. The molecule has 1 unspecified atom stereocenters. The topological polar surface area (TPSA) is 94.0 Å². The van der Waals surface area contributed by atoms with Crippen molar-refractivity contribution in [1.82, 2.24) is 10.3 Å². The minimum absolute atomic E-state index is 0.124. The number of nitrogens with zero attached hydrogens (tertiary/aromatic N) is 1. The number of carbonyl (C=O) groups excluding carboxylic acids is 1. The molecule has 0 radical (unpaired) electrons. The molecule has 30 heavy (non-hydrogen) atoms. The number of nitrogen functional groups attached to an aromatic ring is 1. The molecule has 5 nitrogen and oxygen atoms in total. The van der Waals surface area contributed by atoms with Gasteiger partial charge in [0.05, 0.1) is 10.9 Å². The molecule has 0 fully saturated rings. The first-order valence-electron chi connectivity index (χ1n) is 10.5. The number of thiophene rings is 1. The number of pyridine rings is 1. The number of hydrogen-bond acceptors (Lipinski definition) is 5. The lowest BCUT2D eigenvalue weighted by molar-refractivity contribution is 0.0942. The smallest absolute Gasteiger partial charge is 0.261 e. The molecule has 4 rings (SSSR count). The maximum absolute atomic E-state index is 12.9. The van der Waals surface area contributed by atoms with Gasteiger partial charge in [0.25, 0.3) is 5.91 Å². The van der Waals surface area contributed by atoms with Crippen molar-refractivity contribution < 1.29 is 4.79 Å². The summed E-state index contributed by atoms with van der Waals surface area (Å²) in [5, 5.41) is 4.09. The average molecular weight is 423 g/mol. The van der Waals surface area contributed by atoms with Crippen LogP contribution in [-0.4, -0.2) is 17.4 Å². The number of rotatable bonds is 4. The van der Waals surface area contributed by atoms with Gasteiger partial charge < -0.3 is 16.8 Å². The molecule has 0 aliphatic heterocycles. The third kappa shape index (κ3) is 4.20. The summed E-state index contributed by atoms with van der Waals surface area (Å²) in [5.74, 6) is 0.538. The van der Waals surface area contributed by atoms with E-state index in [2.05, 4.69) is 32.2 Å². The highest BCUT2D eigenvalue weighted by Crippen LogP contribution is 2.38. The zero-order valence-corrected chi connectivity index (χ0v) is 18.7. The van der Waals surface area contributed by atoms with Crippen molar-refractivity contribution in [2.45, 2.75) is 46.1 Å². The number of benzene rings is 1. The summed E-state index contributed by atoms with van der Waals surface area (Å²) in [4.78, 5) is 19.4. The summed E-state index contributed by atoms with van der Waals surface area (Å²) in [6, 6.07) is 11.4. The van der Waals surface area contributed by atoms with Crippen LogP contribution in [0.2, 0.25) is 0 Å². The molecule has 2 aromatic heterocycles. The number of aromatic nitrogens is 1. The molecule has 2 atom stereocenters. The van der Waals surface area contributed by atoms with E-state index in [1.54, 1.807) is 0 Å². The minimum atomic E-state index is -0.278. The van der Waals surface area contributed by atoms with Crippen LogP contribution in [0.15, 0.2) is 36.4 Å². The zero-order chi connectivity index (χ0) is 21.5. The lowest BCUT2D eigenvalue weighted by Crippen LogP contribution is -2.33. The second-order valence-electron chi connectivity index (χ2n) is 9.34. The highest BCUT2D eigenvalue weighted by Gasteiger charge is 2.29. The molecule has 2 heterocycles. The quantitative estimate of drug-likeness (QED) is 0.541. The molecule has 0 saturated carbocycles. The number of anilines is 1. The van der Waals surface area contributed by atoms with Gasteiger partial charge >= 0.3 is 0 Å². The summed E-state index contributed by atoms with van der Waals surface area (Å²) in [6.07, 6.45) is 3.24. The Morgan fingerprint density at radius 2 is 2.10 bits per heavy atom. The molecule has 1 amide bonds. The van der Waals surface area contributed by atoms with Crippen LogP contribution in [0.5, 0.6) is 0 Å². The van der Waals surface area contributed by atoms with Gasteiger partial charge in [0.15, 0.2) is 0 Å². The first-order chi connectivity index (χ1) is 14.2. The largest absolute Gasteiger partial charge is 0.399 e. The molecular formula is C24H30N4OS. The highest BCUT2D eigenvalue weighted by atomic mass is 32.1. The highest BCUT2D eigenvalue weighted by molar-refractivity contribution is 7.20. The van der Waals surface area contributed by atoms with Gasteiger partial charge in [-0.25, -0.2) is 4.98 Å². The van der Waals surface area contributed by atoms with E-state index < -0.39 is 0 Å². The summed E-state index contributed by atoms with van der Waals surface area (Å²) < 4.78 is 0. The molecule has 1 aliphatic carbocycles. The van der Waals surface area contributed by atoms with Crippen LogP contribution in [-0.2, 0) is 12.8 Å². The van der Waals surface area contributed by atoms with Gasteiger partial charge in [-0.3, -0.25) is 4.79 Å². The normalized spacial score (nSPS) is 17.5. The van der Waals surface area contributed by atoms with Crippen molar-refractivity contribution in [3.8, 4) is 0 Å². The number of hydrogen-bond donors (Lipinski definition) is 3. The maximum Gasteiger partial charge on any atom is 0.261 e. The Hall–Kier alpha value is -2.44. The van der Waals surface area contributed by atoms with Gasteiger partial charge in [0.1, 0.15) is 4.83 Å². The fourth-order valence-corrected chi connectivity index (χ4v) is 5.20. The van der Waals surface area contributed by atoms with Crippen molar-refractivity contribution >= 4 is 33.1 Å². The maximum atomic E-state index is 12.9. The first-order valence-corrected chi connectivity index (χ1v) is 11.3. The van der Waals surface area contributed by atoms with Crippen LogP contribution in [0.25, 0.3) is 10.2 Å². The Labute approximate surface area is 181 Å². The third-order valence-electron chi connectivity index (χ3n) is 6.18. The van der Waals surface area contributed by atoms with E-state index in [9.17, 15) is 4.79 Å². The second-order valence-corrected chi connectivity index (χ2v) is 10.4. The van der Waals surface area contributed by atoms with Gasteiger partial charge in [-0.2, -0.15) is 0 Å². The summed E-state index contributed by atoms with van der Waals surface area (Å²) in [6.45, 7) is 7.25. The molecule has 5 N–H and O–H groups in total. The third-order valence-corrected chi connectivity index (χ3v) is 7.22. The van der Waals surface area contributed by atoms with E-state index >= 15 is 0 Å². The second kappa shape index (κ2) is 8.00. The monoisotopic (exact) mass is 422 g/mol. The SMILES string of the molecule is CC(C)(C)C1CCc2nc3sc(C(=O)N[C@H](CN)c4cccc(N)c4)cc3cc2C1. The number of carbonyl (C=O) groups is 1. The molecule has 0 bridgehead atoms. The molecule has 1 aromatic carbocycles. The molecule has 0 saturated heterocycles. The van der Waals surface area contributed by atoms with Crippen LogP contribution in [0, 0.1) is 11.3 Å². The Morgan fingerprint density at radius 1 is 1.30 bits per heavy atom. The van der Waals surface area contributed by atoms with Crippen LogP contribution in [0.1, 0.15) is 59.7 Å². The Bertz CT molecular complexity index is 1080. The number of nitrogens with two attached hydrogens (primary N) is 2. The van der Waals surface area contributed by atoms with Crippen LogP contribution in [0.4, 0.5) is 5.69 Å². The van der Waals surface area contributed by atoms with Crippen LogP contribution < -0.4 is 16.8 Å². The number of amides is 1. The standard InChI is InChI=1S/C24H30N4OS/c1-24(2,3)17-7-8-19-15(10-17)9-16-12-21(30-23(16)28-19)22(29)27-20(13-25)14-5-4-6-18(26)11-14/h4-6,9,11-12,17,20H,7-8,10,13,25-26H2,1-3H3,(H,27,29)/t17?,20-/m1/s1. The van der Waals surface area contributed by atoms with E-state index in [0.717, 1.165) is 28.6 Å². The van der Waals surface area contributed by atoms with Crippen molar-refractivity contribution in [1.29, 1.82) is 0 Å². The fourth-order valence-electron chi connectivity index (χ4n) is 4.26. The predicted octanol–water partition coefficient (Wildman–Crippen LogP) is 4.46. The number of aryl methyl sites for hydroxylation is 1. The molecular weight excluding hydrogens is 392 g/mol. The number of fused-ring (bicyclic) bond motifs is 2. The van der Waals surface area contributed by atoms with Crippen molar-refractivity contribution in [2.75, 3.05) is 12.3 Å². The Kier molecular flexibility index (Phi) is 5.55. The van der Waals surface area contributed by atoms with Crippen LogP contribution >= 0.6 is 11.3 Å². The molecule has 0 spiro atoms. The Balaban J connectivity index is 1.57. The van der Waals surface area contributed by atoms with Gasteiger partial charge in [-0.1, -0.05) is 32.9 Å². The average Bonchev–Trinajstić information content (AvgIpc) is 3.12. The van der Waals surface area contributed by atoms with Gasteiger partial charge in [-0.15, -0.1) is 11.3 Å². The lowest BCUT2D eigenvalue weighted by Gasteiger charge is -2.34. The lowest BCUT2D eigenvalue weighted by atomic mass is 9.71. The van der Waals surface area contributed by atoms with E-state index in [-0.39, 0.29) is 11.9 Å². The van der Waals surface area contributed by atoms with Crippen molar-refractivity contribution in [2.24, 2.45) is 17.1 Å². The van der Waals surface area contributed by atoms with Gasteiger partial charge in [-0.05, 0) is 66.0 Å². The predicted molar refractivity (Wildman–Crippen MR) is 125 cm³/mol. The minimum Gasteiger partial charge on any atom is -0.399 e. The zero-order valence-electron chi connectivity index (χ0n) is 17.9.